The van der Waals surface area contributed by atoms with Gasteiger partial charge in [0, 0.05) is 22.0 Å². The first-order valence-electron chi connectivity index (χ1n) is 4.83. The second kappa shape index (κ2) is 5.13. The minimum Gasteiger partial charge on any atom is -0.372 e. The lowest BCUT2D eigenvalue weighted by molar-refractivity contribution is -0.384. The number of aromatic nitrogens is 2. The maximum absolute atomic E-state index is 10.9. The smallest absolute Gasteiger partial charge is 0.293 e. The molecular formula is C10H9IN4O2. The fraction of sp³-hybridized carbons (Fsp3) is 0.100. The van der Waals surface area contributed by atoms with Crippen molar-refractivity contribution in [3.05, 3.63) is 50.1 Å². The lowest BCUT2D eigenvalue weighted by atomic mass is 10.2. The van der Waals surface area contributed by atoms with Crippen molar-refractivity contribution in [2.24, 2.45) is 0 Å². The molecule has 0 bridgehead atoms. The number of imidazole rings is 1. The summed E-state index contributed by atoms with van der Waals surface area (Å²) in [6.07, 6.45) is 3.35. The van der Waals surface area contributed by atoms with Gasteiger partial charge in [-0.3, -0.25) is 10.1 Å². The molecule has 88 valence electrons. The summed E-state index contributed by atoms with van der Waals surface area (Å²) in [7, 11) is 0. The number of nitro benzene ring substituents is 1. The van der Waals surface area contributed by atoms with Crippen LogP contribution in [-0.2, 0) is 6.54 Å². The van der Waals surface area contributed by atoms with Crippen molar-refractivity contribution in [1.29, 1.82) is 0 Å². The second-order valence-electron chi connectivity index (χ2n) is 3.31. The van der Waals surface area contributed by atoms with Crippen LogP contribution < -0.4 is 5.32 Å². The molecule has 0 unspecified atom stereocenters. The van der Waals surface area contributed by atoms with Crippen LogP contribution in [0.2, 0.25) is 0 Å². The maximum atomic E-state index is 10.9. The summed E-state index contributed by atoms with van der Waals surface area (Å²) in [5, 5.41) is 13.9. The molecule has 1 heterocycles. The Hall–Kier alpha value is -1.64. The highest BCUT2D eigenvalue weighted by Crippen LogP contribution is 2.26. The van der Waals surface area contributed by atoms with Gasteiger partial charge in [-0.1, -0.05) is 0 Å². The Balaban J connectivity index is 2.17. The number of anilines is 1. The normalized spacial score (nSPS) is 10.2. The third kappa shape index (κ3) is 2.93. The van der Waals surface area contributed by atoms with Crippen molar-refractivity contribution in [1.82, 2.24) is 9.97 Å². The molecule has 1 aromatic heterocycles. The van der Waals surface area contributed by atoms with Crippen molar-refractivity contribution in [3.63, 3.8) is 0 Å². The highest BCUT2D eigenvalue weighted by atomic mass is 127. The SMILES string of the molecule is O=[N+]([O-])c1cc(I)ccc1NCc1ncc[nH]1. The number of aromatic amines is 1. The molecule has 0 saturated heterocycles. The van der Waals surface area contributed by atoms with E-state index in [0.717, 1.165) is 9.39 Å². The zero-order valence-corrected chi connectivity index (χ0v) is 10.8. The number of halogens is 1. The monoisotopic (exact) mass is 344 g/mol. The van der Waals surface area contributed by atoms with Crippen molar-refractivity contribution >= 4 is 34.0 Å². The van der Waals surface area contributed by atoms with Gasteiger partial charge in [0.05, 0.1) is 11.5 Å². The van der Waals surface area contributed by atoms with Gasteiger partial charge in [0.25, 0.3) is 5.69 Å². The first-order chi connectivity index (χ1) is 8.16. The average molecular weight is 344 g/mol. The third-order valence-electron chi connectivity index (χ3n) is 2.16. The fourth-order valence-corrected chi connectivity index (χ4v) is 1.85. The first kappa shape index (κ1) is 11.8. The molecule has 2 aromatic rings. The number of hydrogen-bond donors (Lipinski definition) is 2. The van der Waals surface area contributed by atoms with Gasteiger partial charge in [0.2, 0.25) is 0 Å². The maximum Gasteiger partial charge on any atom is 0.293 e. The number of nitro groups is 1. The molecule has 1 aromatic carbocycles. The van der Waals surface area contributed by atoms with Gasteiger partial charge in [0.1, 0.15) is 11.5 Å². The van der Waals surface area contributed by atoms with Gasteiger partial charge in [-0.25, -0.2) is 4.98 Å². The molecule has 0 spiro atoms. The summed E-state index contributed by atoms with van der Waals surface area (Å²) in [4.78, 5) is 17.4. The quantitative estimate of drug-likeness (QED) is 0.507. The van der Waals surface area contributed by atoms with E-state index >= 15 is 0 Å². The largest absolute Gasteiger partial charge is 0.372 e. The summed E-state index contributed by atoms with van der Waals surface area (Å²) in [6.45, 7) is 0.425. The van der Waals surface area contributed by atoms with Gasteiger partial charge >= 0.3 is 0 Å². The van der Waals surface area contributed by atoms with Crippen LogP contribution in [0.15, 0.2) is 30.6 Å². The molecule has 0 aliphatic heterocycles. The number of benzene rings is 1. The first-order valence-corrected chi connectivity index (χ1v) is 5.91. The molecule has 0 aliphatic carbocycles. The highest BCUT2D eigenvalue weighted by Gasteiger charge is 2.13. The van der Waals surface area contributed by atoms with Crippen molar-refractivity contribution in [2.45, 2.75) is 6.54 Å². The Bertz CT molecular complexity index is 527. The lowest BCUT2D eigenvalue weighted by Crippen LogP contribution is -2.04. The van der Waals surface area contributed by atoms with E-state index in [9.17, 15) is 10.1 Å². The molecule has 0 atom stereocenters. The lowest BCUT2D eigenvalue weighted by Gasteiger charge is -2.05. The van der Waals surface area contributed by atoms with Gasteiger partial charge in [-0.05, 0) is 34.7 Å². The van der Waals surface area contributed by atoms with Crippen LogP contribution in [0.3, 0.4) is 0 Å². The predicted octanol–water partition coefficient (Wildman–Crippen LogP) is 2.53. The molecule has 0 amide bonds. The molecular weight excluding hydrogens is 335 g/mol. The topological polar surface area (TPSA) is 83.8 Å². The molecule has 0 radical (unpaired) electrons. The number of rotatable bonds is 4. The van der Waals surface area contributed by atoms with Gasteiger partial charge in [0.15, 0.2) is 0 Å². The summed E-state index contributed by atoms with van der Waals surface area (Å²) >= 11 is 2.04. The molecule has 17 heavy (non-hydrogen) atoms. The van der Waals surface area contributed by atoms with Crippen LogP contribution in [0.4, 0.5) is 11.4 Å². The van der Waals surface area contributed by atoms with E-state index in [-0.39, 0.29) is 5.69 Å². The van der Waals surface area contributed by atoms with E-state index in [1.165, 1.54) is 6.07 Å². The highest BCUT2D eigenvalue weighted by molar-refractivity contribution is 14.1. The van der Waals surface area contributed by atoms with Crippen LogP contribution in [-0.4, -0.2) is 14.9 Å². The Morgan fingerprint density at radius 3 is 3.00 bits per heavy atom. The van der Waals surface area contributed by atoms with Gasteiger partial charge < -0.3 is 10.3 Å². The van der Waals surface area contributed by atoms with E-state index in [0.29, 0.717) is 12.2 Å². The van der Waals surface area contributed by atoms with Crippen molar-refractivity contribution in [2.75, 3.05) is 5.32 Å². The standard InChI is InChI=1S/C10H9IN4O2/c11-7-1-2-8(9(5-7)15(16)17)14-6-10-12-3-4-13-10/h1-5,14H,6H2,(H,12,13). The molecule has 0 saturated carbocycles. The van der Waals surface area contributed by atoms with Crippen LogP contribution in [0.1, 0.15) is 5.82 Å². The molecule has 2 N–H and O–H groups in total. The van der Waals surface area contributed by atoms with Crippen LogP contribution >= 0.6 is 22.6 Å². The number of hydrogen-bond acceptors (Lipinski definition) is 4. The van der Waals surface area contributed by atoms with Crippen LogP contribution in [0.25, 0.3) is 0 Å². The van der Waals surface area contributed by atoms with E-state index in [4.69, 9.17) is 0 Å². The number of nitrogens with one attached hydrogen (secondary N) is 2. The van der Waals surface area contributed by atoms with E-state index in [1.54, 1.807) is 18.5 Å². The molecule has 6 nitrogen and oxygen atoms in total. The van der Waals surface area contributed by atoms with Crippen LogP contribution in [0.5, 0.6) is 0 Å². The number of H-pyrrole nitrogens is 1. The minimum absolute atomic E-state index is 0.0726. The van der Waals surface area contributed by atoms with E-state index < -0.39 is 4.92 Å². The fourth-order valence-electron chi connectivity index (χ4n) is 1.38. The Morgan fingerprint density at radius 2 is 2.35 bits per heavy atom. The zero-order chi connectivity index (χ0) is 12.3. The molecule has 0 fully saturated rings. The Labute approximate surface area is 111 Å². The number of nitrogens with zero attached hydrogens (tertiary/aromatic N) is 2. The zero-order valence-electron chi connectivity index (χ0n) is 8.68. The minimum atomic E-state index is -0.396. The summed E-state index contributed by atoms with van der Waals surface area (Å²) in [5.74, 6) is 0.734. The molecule has 0 aliphatic rings. The van der Waals surface area contributed by atoms with Crippen molar-refractivity contribution < 1.29 is 4.92 Å². The van der Waals surface area contributed by atoms with Crippen molar-refractivity contribution in [3.8, 4) is 0 Å². The molecule has 7 heteroatoms. The summed E-state index contributed by atoms with van der Waals surface area (Å²) in [6, 6.07) is 5.05. The van der Waals surface area contributed by atoms with E-state index in [1.807, 2.05) is 28.7 Å². The van der Waals surface area contributed by atoms with E-state index in [2.05, 4.69) is 15.3 Å². The predicted molar refractivity (Wildman–Crippen MR) is 71.7 cm³/mol. The average Bonchev–Trinajstić information content (AvgIpc) is 2.80. The second-order valence-corrected chi connectivity index (χ2v) is 4.55. The summed E-state index contributed by atoms with van der Waals surface area (Å²) < 4.78 is 0.831. The van der Waals surface area contributed by atoms with Gasteiger partial charge in [-0.15, -0.1) is 0 Å². The van der Waals surface area contributed by atoms with Crippen LogP contribution in [0, 0.1) is 13.7 Å². The Kier molecular flexibility index (Phi) is 3.57. The Morgan fingerprint density at radius 1 is 1.53 bits per heavy atom. The third-order valence-corrected chi connectivity index (χ3v) is 2.83. The summed E-state index contributed by atoms with van der Waals surface area (Å²) in [5.41, 5.74) is 0.565. The molecule has 2 rings (SSSR count). The van der Waals surface area contributed by atoms with Gasteiger partial charge in [-0.2, -0.15) is 0 Å².